The van der Waals surface area contributed by atoms with E-state index in [0.717, 1.165) is 16.8 Å². The monoisotopic (exact) mass is 362 g/mol. The molecule has 6 heteroatoms. The molecule has 2 rings (SSSR count). The normalized spacial score (nSPS) is 11.6. The zero-order valence-corrected chi connectivity index (χ0v) is 15.1. The predicted molar refractivity (Wildman–Crippen MR) is 101 cm³/mol. The van der Waals surface area contributed by atoms with E-state index in [1.54, 1.807) is 17.9 Å². The zero-order valence-electron chi connectivity index (χ0n) is 13.5. The smallest absolute Gasteiger partial charge is 0.326 e. The molecule has 126 valence electrons. The van der Waals surface area contributed by atoms with Gasteiger partial charge in [-0.05, 0) is 55.4 Å². The highest BCUT2D eigenvalue weighted by Crippen LogP contribution is 2.21. The van der Waals surface area contributed by atoms with Gasteiger partial charge in [-0.1, -0.05) is 41.9 Å². The third-order valence-corrected chi connectivity index (χ3v) is 4.28. The number of nitrogens with one attached hydrogen (secondary N) is 1. The molecule has 0 aliphatic rings. The molecule has 0 spiro atoms. The van der Waals surface area contributed by atoms with Crippen LogP contribution in [0.1, 0.15) is 18.1 Å². The van der Waals surface area contributed by atoms with Gasteiger partial charge in [0.1, 0.15) is 6.04 Å². The third kappa shape index (κ3) is 4.69. The van der Waals surface area contributed by atoms with Gasteiger partial charge in [-0.3, -0.25) is 0 Å². The summed E-state index contributed by atoms with van der Waals surface area (Å²) in [6.07, 6.45) is 0. The molecule has 0 aromatic heterocycles. The molecule has 2 aromatic carbocycles. The largest absolute Gasteiger partial charge is 0.480 e. The Bertz CT molecular complexity index is 737. The Hall–Kier alpha value is -2.11. The van der Waals surface area contributed by atoms with E-state index in [2.05, 4.69) is 5.32 Å². The molecule has 0 saturated heterocycles. The summed E-state index contributed by atoms with van der Waals surface area (Å²) < 4.78 is 0. The van der Waals surface area contributed by atoms with Gasteiger partial charge in [0, 0.05) is 17.3 Å². The number of benzene rings is 2. The van der Waals surface area contributed by atoms with Crippen molar-refractivity contribution in [3.05, 3.63) is 64.7 Å². The molecule has 0 fully saturated rings. The summed E-state index contributed by atoms with van der Waals surface area (Å²) in [6, 6.07) is 14.3. The lowest BCUT2D eigenvalue weighted by atomic mass is 10.2. The number of aryl methyl sites for hydroxylation is 1. The topological polar surface area (TPSA) is 52.6 Å². The van der Waals surface area contributed by atoms with Gasteiger partial charge in [-0.25, -0.2) is 4.79 Å². The van der Waals surface area contributed by atoms with Gasteiger partial charge < -0.3 is 15.3 Å². The van der Waals surface area contributed by atoms with E-state index in [9.17, 15) is 9.90 Å². The molecule has 0 saturated carbocycles. The number of anilines is 1. The maximum atomic E-state index is 11.5. The molecule has 1 atom stereocenters. The number of nitrogens with zero attached hydrogens (tertiary/aromatic N) is 1. The summed E-state index contributed by atoms with van der Waals surface area (Å²) in [5.41, 5.74) is 2.73. The highest BCUT2D eigenvalue weighted by atomic mass is 35.5. The van der Waals surface area contributed by atoms with Gasteiger partial charge in [0.25, 0.3) is 0 Å². The number of aliphatic carboxylic acids is 1. The van der Waals surface area contributed by atoms with Crippen LogP contribution in [0.5, 0.6) is 0 Å². The van der Waals surface area contributed by atoms with Crippen LogP contribution in [0.3, 0.4) is 0 Å². The fourth-order valence-electron chi connectivity index (χ4n) is 2.25. The van der Waals surface area contributed by atoms with E-state index in [0.29, 0.717) is 16.7 Å². The Labute approximate surface area is 152 Å². The molecule has 0 bridgehead atoms. The minimum Gasteiger partial charge on any atom is -0.480 e. The summed E-state index contributed by atoms with van der Waals surface area (Å²) in [5.74, 6) is -0.928. The van der Waals surface area contributed by atoms with Crippen molar-refractivity contribution in [3.63, 3.8) is 0 Å². The number of thiocarbonyl (C=S) groups is 1. The van der Waals surface area contributed by atoms with Crippen molar-refractivity contribution in [1.29, 1.82) is 0 Å². The maximum Gasteiger partial charge on any atom is 0.326 e. The van der Waals surface area contributed by atoms with Crippen LogP contribution < -0.4 is 5.32 Å². The Balaban J connectivity index is 2.22. The van der Waals surface area contributed by atoms with Crippen LogP contribution in [0.2, 0.25) is 5.02 Å². The molecule has 0 amide bonds. The van der Waals surface area contributed by atoms with Crippen LogP contribution in [-0.4, -0.2) is 27.1 Å². The summed E-state index contributed by atoms with van der Waals surface area (Å²) in [6.45, 7) is 3.94. The number of rotatable bonds is 5. The first-order valence-corrected chi connectivity index (χ1v) is 8.27. The van der Waals surface area contributed by atoms with E-state index in [4.69, 9.17) is 23.8 Å². The molecule has 0 radical (unpaired) electrons. The number of carboxylic acid groups (broad SMARTS) is 1. The summed E-state index contributed by atoms with van der Waals surface area (Å²) >= 11 is 11.4. The molecular weight excluding hydrogens is 344 g/mol. The Kier molecular flexibility index (Phi) is 6.17. The first-order chi connectivity index (χ1) is 11.4. The van der Waals surface area contributed by atoms with Crippen LogP contribution in [0.25, 0.3) is 0 Å². The number of carbonyl (C=O) groups is 1. The van der Waals surface area contributed by atoms with Crippen LogP contribution in [0.4, 0.5) is 5.69 Å². The molecule has 0 aliphatic heterocycles. The zero-order chi connectivity index (χ0) is 17.7. The molecule has 24 heavy (non-hydrogen) atoms. The average molecular weight is 363 g/mol. The van der Waals surface area contributed by atoms with Gasteiger partial charge in [0.05, 0.1) is 0 Å². The van der Waals surface area contributed by atoms with Crippen molar-refractivity contribution in [2.75, 3.05) is 5.32 Å². The van der Waals surface area contributed by atoms with Gasteiger partial charge >= 0.3 is 5.97 Å². The fraction of sp³-hybridized carbons (Fsp3) is 0.222. The second-order valence-electron chi connectivity index (χ2n) is 5.52. The Morgan fingerprint density at radius 3 is 2.54 bits per heavy atom. The van der Waals surface area contributed by atoms with Crippen LogP contribution >= 0.6 is 23.8 Å². The maximum absolute atomic E-state index is 11.5. The van der Waals surface area contributed by atoms with Gasteiger partial charge in [0.15, 0.2) is 5.11 Å². The van der Waals surface area contributed by atoms with E-state index in [-0.39, 0.29) is 0 Å². The van der Waals surface area contributed by atoms with E-state index in [1.165, 1.54) is 0 Å². The van der Waals surface area contributed by atoms with Crippen molar-refractivity contribution in [3.8, 4) is 0 Å². The molecule has 0 heterocycles. The van der Waals surface area contributed by atoms with Crippen LogP contribution in [0, 0.1) is 6.92 Å². The van der Waals surface area contributed by atoms with E-state index < -0.39 is 12.0 Å². The SMILES string of the molecule is Cc1cc(Cl)ccc1NC(=S)N(Cc1ccccc1)C(C)C(=O)O. The summed E-state index contributed by atoms with van der Waals surface area (Å²) in [4.78, 5) is 13.1. The van der Waals surface area contributed by atoms with Gasteiger partial charge in [-0.2, -0.15) is 0 Å². The number of hydrogen-bond acceptors (Lipinski definition) is 2. The lowest BCUT2D eigenvalue weighted by molar-refractivity contribution is -0.141. The lowest BCUT2D eigenvalue weighted by Gasteiger charge is -2.30. The minimum atomic E-state index is -0.928. The molecule has 2 N–H and O–H groups in total. The van der Waals surface area contributed by atoms with E-state index >= 15 is 0 Å². The molecule has 4 nitrogen and oxygen atoms in total. The first-order valence-electron chi connectivity index (χ1n) is 7.49. The van der Waals surface area contributed by atoms with Crippen LogP contribution in [-0.2, 0) is 11.3 Å². The molecule has 0 aliphatic carbocycles. The highest BCUT2D eigenvalue weighted by Gasteiger charge is 2.23. The van der Waals surface area contributed by atoms with Crippen molar-refractivity contribution in [1.82, 2.24) is 4.90 Å². The van der Waals surface area contributed by atoms with Crippen molar-refractivity contribution in [2.24, 2.45) is 0 Å². The second kappa shape index (κ2) is 8.13. The highest BCUT2D eigenvalue weighted by molar-refractivity contribution is 7.80. The molecule has 2 aromatic rings. The molecular formula is C18H19ClN2O2S. The average Bonchev–Trinajstić information content (AvgIpc) is 2.55. The predicted octanol–water partition coefficient (Wildman–Crippen LogP) is 4.32. The van der Waals surface area contributed by atoms with Gasteiger partial charge in [-0.15, -0.1) is 0 Å². The van der Waals surface area contributed by atoms with Crippen molar-refractivity contribution >= 4 is 40.6 Å². The first kappa shape index (κ1) is 18.2. The molecule has 1 unspecified atom stereocenters. The number of hydrogen-bond donors (Lipinski definition) is 2. The van der Waals surface area contributed by atoms with Crippen LogP contribution in [0.15, 0.2) is 48.5 Å². The Morgan fingerprint density at radius 2 is 1.96 bits per heavy atom. The Morgan fingerprint density at radius 1 is 1.29 bits per heavy atom. The summed E-state index contributed by atoms with van der Waals surface area (Å²) in [7, 11) is 0. The van der Waals surface area contributed by atoms with E-state index in [1.807, 2.05) is 49.4 Å². The standard InChI is InChI=1S/C18H19ClN2O2S/c1-12-10-15(19)8-9-16(12)20-18(24)21(13(2)17(22)23)11-14-6-4-3-5-7-14/h3-10,13H,11H2,1-2H3,(H,20,24)(H,22,23). The fourth-order valence-corrected chi connectivity index (χ4v) is 2.81. The number of halogens is 1. The van der Waals surface area contributed by atoms with Gasteiger partial charge in [0.2, 0.25) is 0 Å². The lowest BCUT2D eigenvalue weighted by Crippen LogP contribution is -2.44. The van der Waals surface area contributed by atoms with Crippen molar-refractivity contribution < 1.29 is 9.90 Å². The second-order valence-corrected chi connectivity index (χ2v) is 6.34. The van der Waals surface area contributed by atoms with Crippen molar-refractivity contribution in [2.45, 2.75) is 26.4 Å². The number of carboxylic acids is 1. The summed E-state index contributed by atoms with van der Waals surface area (Å²) in [5, 5.41) is 13.5. The third-order valence-electron chi connectivity index (χ3n) is 3.71. The minimum absolute atomic E-state index is 0.360. The quantitative estimate of drug-likeness (QED) is 0.776.